The van der Waals surface area contributed by atoms with Crippen molar-refractivity contribution in [3.63, 3.8) is 0 Å². The summed E-state index contributed by atoms with van der Waals surface area (Å²) >= 11 is 0. The maximum absolute atomic E-state index is 9.40. The Kier molecular flexibility index (Phi) is 4.53. The average molecular weight is 276 g/mol. The molecular formula is C14H20N4O2. The Bertz CT molecular complexity index is 515. The first-order valence-corrected chi connectivity index (χ1v) is 6.90. The van der Waals surface area contributed by atoms with Crippen molar-refractivity contribution in [2.45, 2.75) is 26.7 Å². The van der Waals surface area contributed by atoms with Crippen molar-refractivity contribution in [3.05, 3.63) is 16.8 Å². The van der Waals surface area contributed by atoms with Gasteiger partial charge in [0, 0.05) is 6.54 Å². The standard InChI is InChI=1S/C14H20N4O2/c1-3-10-11(5-15)13(18-17-12(10)4-2)16-6-14(7-19)8-20-9-14/h19H,3-4,6-9H2,1-2H3,(H,16,18). The highest BCUT2D eigenvalue weighted by Crippen LogP contribution is 2.28. The molecule has 0 saturated carbocycles. The van der Waals surface area contributed by atoms with Gasteiger partial charge in [0.2, 0.25) is 0 Å². The zero-order chi connectivity index (χ0) is 14.6. The minimum atomic E-state index is -0.260. The largest absolute Gasteiger partial charge is 0.396 e. The van der Waals surface area contributed by atoms with Crippen molar-refractivity contribution in [3.8, 4) is 6.07 Å². The van der Waals surface area contributed by atoms with Crippen LogP contribution in [-0.4, -0.2) is 41.7 Å². The fraction of sp³-hybridized carbons (Fsp3) is 0.643. The third-order valence-electron chi connectivity index (χ3n) is 3.74. The number of aryl methyl sites for hydroxylation is 1. The van der Waals surface area contributed by atoms with Crippen LogP contribution in [-0.2, 0) is 17.6 Å². The smallest absolute Gasteiger partial charge is 0.166 e. The van der Waals surface area contributed by atoms with Crippen LogP contribution in [0.1, 0.15) is 30.7 Å². The Morgan fingerprint density at radius 2 is 2.10 bits per heavy atom. The lowest BCUT2D eigenvalue weighted by Crippen LogP contribution is -2.50. The van der Waals surface area contributed by atoms with Crippen molar-refractivity contribution >= 4 is 5.82 Å². The summed E-state index contributed by atoms with van der Waals surface area (Å²) in [5.41, 5.74) is 2.13. The van der Waals surface area contributed by atoms with Gasteiger partial charge in [-0.1, -0.05) is 13.8 Å². The molecule has 2 heterocycles. The van der Waals surface area contributed by atoms with E-state index in [1.807, 2.05) is 13.8 Å². The second-order valence-electron chi connectivity index (χ2n) is 5.17. The first-order chi connectivity index (χ1) is 9.69. The van der Waals surface area contributed by atoms with Gasteiger partial charge in [0.15, 0.2) is 5.82 Å². The van der Waals surface area contributed by atoms with Crippen LogP contribution in [0.4, 0.5) is 5.82 Å². The molecule has 0 atom stereocenters. The summed E-state index contributed by atoms with van der Waals surface area (Å²) in [6.07, 6.45) is 1.52. The van der Waals surface area contributed by atoms with Crippen LogP contribution >= 0.6 is 0 Å². The van der Waals surface area contributed by atoms with Crippen LogP contribution in [0, 0.1) is 16.7 Å². The molecular weight excluding hydrogens is 256 g/mol. The monoisotopic (exact) mass is 276 g/mol. The second-order valence-corrected chi connectivity index (χ2v) is 5.17. The van der Waals surface area contributed by atoms with Gasteiger partial charge in [-0.05, 0) is 18.4 Å². The van der Waals surface area contributed by atoms with Crippen molar-refractivity contribution in [1.82, 2.24) is 10.2 Å². The highest BCUT2D eigenvalue weighted by molar-refractivity contribution is 5.56. The lowest BCUT2D eigenvalue weighted by Gasteiger charge is -2.40. The quantitative estimate of drug-likeness (QED) is 0.802. The van der Waals surface area contributed by atoms with E-state index >= 15 is 0 Å². The summed E-state index contributed by atoms with van der Waals surface area (Å²) in [6, 6.07) is 2.22. The molecule has 6 nitrogen and oxygen atoms in total. The molecule has 0 radical (unpaired) electrons. The van der Waals surface area contributed by atoms with E-state index in [-0.39, 0.29) is 12.0 Å². The molecule has 1 aromatic rings. The fourth-order valence-electron chi connectivity index (χ4n) is 2.33. The Balaban J connectivity index is 2.22. The number of aliphatic hydroxyl groups excluding tert-OH is 1. The molecule has 2 N–H and O–H groups in total. The Labute approximate surface area is 118 Å². The van der Waals surface area contributed by atoms with Crippen LogP contribution in [0.15, 0.2) is 0 Å². The average Bonchev–Trinajstić information content (AvgIpc) is 2.45. The topological polar surface area (TPSA) is 91.1 Å². The Hall–Kier alpha value is -1.71. The van der Waals surface area contributed by atoms with E-state index in [4.69, 9.17) is 4.74 Å². The molecule has 1 aliphatic heterocycles. The van der Waals surface area contributed by atoms with Crippen molar-refractivity contribution in [1.29, 1.82) is 5.26 Å². The van der Waals surface area contributed by atoms with Crippen molar-refractivity contribution in [2.24, 2.45) is 5.41 Å². The van der Waals surface area contributed by atoms with E-state index in [9.17, 15) is 10.4 Å². The summed E-state index contributed by atoms with van der Waals surface area (Å²) in [5, 5.41) is 30.2. The molecule has 1 aromatic heterocycles. The van der Waals surface area contributed by atoms with E-state index in [1.165, 1.54) is 0 Å². The predicted octanol–water partition coefficient (Wildman–Crippen LogP) is 0.894. The van der Waals surface area contributed by atoms with Crippen molar-refractivity contribution in [2.75, 3.05) is 31.7 Å². The third kappa shape index (κ3) is 2.60. The van der Waals surface area contributed by atoms with Gasteiger partial charge in [0.05, 0.1) is 30.9 Å². The molecule has 108 valence electrons. The lowest BCUT2D eigenvalue weighted by atomic mass is 9.87. The molecule has 0 spiro atoms. The summed E-state index contributed by atoms with van der Waals surface area (Å²) < 4.78 is 5.15. The van der Waals surface area contributed by atoms with Gasteiger partial charge >= 0.3 is 0 Å². The van der Waals surface area contributed by atoms with Gasteiger partial charge in [-0.25, -0.2) is 0 Å². The maximum Gasteiger partial charge on any atom is 0.166 e. The van der Waals surface area contributed by atoms with Gasteiger partial charge in [0.25, 0.3) is 0 Å². The van der Waals surface area contributed by atoms with E-state index in [2.05, 4.69) is 21.6 Å². The summed E-state index contributed by atoms with van der Waals surface area (Å²) in [7, 11) is 0. The van der Waals surface area contributed by atoms with E-state index in [1.54, 1.807) is 0 Å². The first kappa shape index (κ1) is 14.7. The second kappa shape index (κ2) is 6.16. The van der Waals surface area contributed by atoms with Crippen molar-refractivity contribution < 1.29 is 9.84 Å². The molecule has 1 fully saturated rings. The number of nitrogens with zero attached hydrogens (tertiary/aromatic N) is 3. The number of hydrogen-bond donors (Lipinski definition) is 2. The number of aromatic nitrogens is 2. The molecule has 20 heavy (non-hydrogen) atoms. The normalized spacial score (nSPS) is 16.3. The number of rotatable bonds is 6. The predicted molar refractivity (Wildman–Crippen MR) is 74.3 cm³/mol. The minimum absolute atomic E-state index is 0.0585. The summed E-state index contributed by atoms with van der Waals surface area (Å²) in [6.45, 7) is 5.66. The molecule has 0 aromatic carbocycles. The molecule has 0 unspecified atom stereocenters. The third-order valence-corrected chi connectivity index (χ3v) is 3.74. The van der Waals surface area contributed by atoms with Crippen LogP contribution in [0.25, 0.3) is 0 Å². The molecule has 0 bridgehead atoms. The van der Waals surface area contributed by atoms with Crippen LogP contribution in [0.5, 0.6) is 0 Å². The fourth-order valence-corrected chi connectivity index (χ4v) is 2.33. The molecule has 2 rings (SSSR count). The molecule has 1 aliphatic rings. The molecule has 1 saturated heterocycles. The Morgan fingerprint density at radius 3 is 2.55 bits per heavy atom. The number of hydrogen-bond acceptors (Lipinski definition) is 6. The summed E-state index contributed by atoms with van der Waals surface area (Å²) in [4.78, 5) is 0. The van der Waals surface area contributed by atoms with Gasteiger partial charge in [-0.15, -0.1) is 5.10 Å². The van der Waals surface area contributed by atoms with Crippen LogP contribution in [0.2, 0.25) is 0 Å². The lowest BCUT2D eigenvalue weighted by molar-refractivity contribution is -0.128. The molecule has 6 heteroatoms. The summed E-state index contributed by atoms with van der Waals surface area (Å²) in [5.74, 6) is 0.501. The number of nitrogens with one attached hydrogen (secondary N) is 1. The number of ether oxygens (including phenoxy) is 1. The zero-order valence-corrected chi connectivity index (χ0v) is 11.9. The van der Waals surface area contributed by atoms with Gasteiger partial charge in [0.1, 0.15) is 11.6 Å². The van der Waals surface area contributed by atoms with Gasteiger partial charge < -0.3 is 15.2 Å². The number of nitriles is 1. The van der Waals surface area contributed by atoms with E-state index < -0.39 is 0 Å². The van der Waals surface area contributed by atoms with E-state index in [0.29, 0.717) is 31.1 Å². The molecule has 0 amide bonds. The number of aliphatic hydroxyl groups is 1. The van der Waals surface area contributed by atoms with Crippen LogP contribution < -0.4 is 5.32 Å². The first-order valence-electron chi connectivity index (χ1n) is 6.90. The number of anilines is 1. The van der Waals surface area contributed by atoms with Gasteiger partial charge in [-0.2, -0.15) is 10.4 Å². The van der Waals surface area contributed by atoms with Gasteiger partial charge in [-0.3, -0.25) is 0 Å². The van der Waals surface area contributed by atoms with Crippen LogP contribution in [0.3, 0.4) is 0 Å². The highest BCUT2D eigenvalue weighted by Gasteiger charge is 2.38. The minimum Gasteiger partial charge on any atom is -0.396 e. The highest BCUT2D eigenvalue weighted by atomic mass is 16.5. The SMILES string of the molecule is CCc1nnc(NCC2(CO)COC2)c(C#N)c1CC. The maximum atomic E-state index is 9.40. The van der Waals surface area contributed by atoms with E-state index in [0.717, 1.165) is 24.1 Å². The zero-order valence-electron chi connectivity index (χ0n) is 11.9. The Morgan fingerprint density at radius 1 is 1.35 bits per heavy atom. The molecule has 0 aliphatic carbocycles.